The Labute approximate surface area is 132 Å². The Balaban J connectivity index is 2.26. The van der Waals surface area contributed by atoms with E-state index in [0.717, 1.165) is 0 Å². The molecule has 23 heavy (non-hydrogen) atoms. The fraction of sp³-hybridized carbons (Fsp3) is 0.188. The van der Waals surface area contributed by atoms with E-state index in [1.54, 1.807) is 30.3 Å². The predicted octanol–water partition coefficient (Wildman–Crippen LogP) is 1.90. The van der Waals surface area contributed by atoms with Crippen molar-refractivity contribution < 1.29 is 18.8 Å². The lowest BCUT2D eigenvalue weighted by molar-refractivity contribution is -0.114. The van der Waals surface area contributed by atoms with Crippen LogP contribution in [0.3, 0.4) is 0 Å². The normalized spacial score (nSPS) is 11.0. The first kappa shape index (κ1) is 16.4. The Bertz CT molecular complexity index is 719. The maximum Gasteiger partial charge on any atom is 0.273 e. The van der Waals surface area contributed by atoms with Crippen LogP contribution in [-0.2, 0) is 16.2 Å². The average molecular weight is 317 g/mol. The van der Waals surface area contributed by atoms with Crippen molar-refractivity contribution in [3.8, 4) is 5.88 Å². The number of halogens is 1. The van der Waals surface area contributed by atoms with E-state index in [1.165, 1.54) is 26.3 Å². The van der Waals surface area contributed by atoms with E-state index in [4.69, 9.17) is 9.57 Å². The molecule has 2 aromatic rings. The molecular formula is C16H16FN3O3. The number of ether oxygens (including phenoxy) is 1. The van der Waals surface area contributed by atoms with E-state index < -0.39 is 5.95 Å². The first-order valence-corrected chi connectivity index (χ1v) is 6.82. The number of nitrogens with one attached hydrogen (secondary N) is 1. The van der Waals surface area contributed by atoms with Crippen molar-refractivity contribution in [2.75, 3.05) is 14.2 Å². The number of rotatable bonds is 6. The van der Waals surface area contributed by atoms with E-state index in [2.05, 4.69) is 15.5 Å². The van der Waals surface area contributed by atoms with Gasteiger partial charge in [0.25, 0.3) is 5.91 Å². The Morgan fingerprint density at radius 2 is 2.04 bits per heavy atom. The molecule has 1 aromatic carbocycles. The van der Waals surface area contributed by atoms with Crippen LogP contribution < -0.4 is 10.1 Å². The van der Waals surface area contributed by atoms with Gasteiger partial charge in [0, 0.05) is 18.7 Å². The second kappa shape index (κ2) is 7.88. The molecule has 0 saturated carbocycles. The highest BCUT2D eigenvalue weighted by molar-refractivity contribution is 6.45. The van der Waals surface area contributed by atoms with Crippen molar-refractivity contribution in [3.05, 3.63) is 59.5 Å². The lowest BCUT2D eigenvalue weighted by atomic mass is 10.0. The number of amides is 1. The molecule has 0 saturated heterocycles. The summed E-state index contributed by atoms with van der Waals surface area (Å²) in [4.78, 5) is 20.3. The van der Waals surface area contributed by atoms with Gasteiger partial charge in [0.15, 0.2) is 5.71 Å². The highest BCUT2D eigenvalue weighted by Crippen LogP contribution is 2.15. The van der Waals surface area contributed by atoms with Crippen molar-refractivity contribution in [3.63, 3.8) is 0 Å². The molecule has 0 unspecified atom stereocenters. The average Bonchev–Trinajstić information content (AvgIpc) is 2.58. The number of hydrogen-bond donors (Lipinski definition) is 1. The van der Waals surface area contributed by atoms with Gasteiger partial charge in [0.05, 0.1) is 0 Å². The monoisotopic (exact) mass is 317 g/mol. The summed E-state index contributed by atoms with van der Waals surface area (Å²) in [6, 6.07) is 11.4. The van der Waals surface area contributed by atoms with Gasteiger partial charge >= 0.3 is 0 Å². The summed E-state index contributed by atoms with van der Waals surface area (Å²) in [6.45, 7) is 0.104. The molecule has 0 radical (unpaired) electrons. The summed E-state index contributed by atoms with van der Waals surface area (Å²) in [7, 11) is 2.86. The second-order valence-electron chi connectivity index (χ2n) is 4.45. The van der Waals surface area contributed by atoms with Gasteiger partial charge in [-0.1, -0.05) is 35.5 Å². The third kappa shape index (κ3) is 4.26. The molecule has 0 aliphatic heterocycles. The van der Waals surface area contributed by atoms with Crippen LogP contribution in [0.1, 0.15) is 11.1 Å². The Hall–Kier alpha value is -2.96. The first-order chi connectivity index (χ1) is 11.2. The number of nitrogens with zero attached hydrogens (tertiary/aromatic N) is 2. The van der Waals surface area contributed by atoms with Gasteiger partial charge in [-0.3, -0.25) is 4.79 Å². The standard InChI is InChI=1S/C16H16FN3O3/c1-18-16(21)15(20-22-2)12-7-4-3-6-11(12)10-23-14-9-5-8-13(17)19-14/h3-9H,10H2,1-2H3,(H,18,21). The highest BCUT2D eigenvalue weighted by atomic mass is 19.1. The molecule has 120 valence electrons. The van der Waals surface area contributed by atoms with Crippen LogP contribution in [0, 0.1) is 5.95 Å². The molecule has 1 aromatic heterocycles. The van der Waals surface area contributed by atoms with Crippen molar-refractivity contribution in [2.45, 2.75) is 6.61 Å². The number of carbonyl (C=O) groups excluding carboxylic acids is 1. The molecule has 0 spiro atoms. The molecule has 0 aliphatic rings. The molecule has 1 amide bonds. The van der Waals surface area contributed by atoms with Gasteiger partial charge in [-0.2, -0.15) is 9.37 Å². The molecule has 1 heterocycles. The third-order valence-corrected chi connectivity index (χ3v) is 2.96. The summed E-state index contributed by atoms with van der Waals surface area (Å²) in [5.74, 6) is -0.851. The van der Waals surface area contributed by atoms with E-state index in [0.29, 0.717) is 11.1 Å². The van der Waals surface area contributed by atoms with Crippen molar-refractivity contribution >= 4 is 11.6 Å². The topological polar surface area (TPSA) is 72.8 Å². The van der Waals surface area contributed by atoms with Crippen molar-refractivity contribution in [1.82, 2.24) is 10.3 Å². The molecule has 7 heteroatoms. The zero-order chi connectivity index (χ0) is 16.7. The Kier molecular flexibility index (Phi) is 5.62. The van der Waals surface area contributed by atoms with Crippen LogP contribution in [-0.4, -0.2) is 30.8 Å². The third-order valence-electron chi connectivity index (χ3n) is 2.96. The molecular weight excluding hydrogens is 301 g/mol. The minimum Gasteiger partial charge on any atom is -0.473 e. The largest absolute Gasteiger partial charge is 0.473 e. The van der Waals surface area contributed by atoms with Gasteiger partial charge < -0.3 is 14.9 Å². The van der Waals surface area contributed by atoms with Crippen LogP contribution in [0.2, 0.25) is 0 Å². The van der Waals surface area contributed by atoms with Crippen LogP contribution >= 0.6 is 0 Å². The van der Waals surface area contributed by atoms with Gasteiger partial charge in [-0.15, -0.1) is 0 Å². The fourth-order valence-electron chi connectivity index (χ4n) is 1.92. The Morgan fingerprint density at radius 1 is 1.26 bits per heavy atom. The van der Waals surface area contributed by atoms with E-state index >= 15 is 0 Å². The van der Waals surface area contributed by atoms with Gasteiger partial charge in [-0.25, -0.2) is 0 Å². The van der Waals surface area contributed by atoms with Gasteiger partial charge in [0.2, 0.25) is 11.8 Å². The van der Waals surface area contributed by atoms with Crippen molar-refractivity contribution in [1.29, 1.82) is 0 Å². The molecule has 6 nitrogen and oxygen atoms in total. The minimum atomic E-state index is -0.622. The van der Waals surface area contributed by atoms with E-state index in [9.17, 15) is 9.18 Å². The zero-order valence-corrected chi connectivity index (χ0v) is 12.7. The number of carbonyl (C=O) groups is 1. The zero-order valence-electron chi connectivity index (χ0n) is 12.7. The van der Waals surface area contributed by atoms with Crippen LogP contribution in [0.25, 0.3) is 0 Å². The first-order valence-electron chi connectivity index (χ1n) is 6.82. The summed E-state index contributed by atoms with van der Waals surface area (Å²) in [5, 5.41) is 6.27. The van der Waals surface area contributed by atoms with Gasteiger partial charge in [-0.05, 0) is 11.6 Å². The molecule has 0 fully saturated rings. The SMILES string of the molecule is CNC(=O)C(=NOC)c1ccccc1COc1cccc(F)n1. The molecule has 1 N–H and O–H groups in total. The lowest BCUT2D eigenvalue weighted by Gasteiger charge is -2.11. The predicted molar refractivity (Wildman–Crippen MR) is 82.6 cm³/mol. The summed E-state index contributed by atoms with van der Waals surface area (Å²) in [6.07, 6.45) is 0. The molecule has 0 atom stereocenters. The summed E-state index contributed by atoms with van der Waals surface area (Å²) >= 11 is 0. The number of aromatic nitrogens is 1. The summed E-state index contributed by atoms with van der Waals surface area (Å²) < 4.78 is 18.5. The van der Waals surface area contributed by atoms with Crippen molar-refractivity contribution in [2.24, 2.45) is 5.16 Å². The number of benzene rings is 1. The van der Waals surface area contributed by atoms with Crippen LogP contribution in [0.4, 0.5) is 4.39 Å². The Morgan fingerprint density at radius 3 is 2.74 bits per heavy atom. The number of likely N-dealkylation sites (N-methyl/N-ethyl adjacent to an activating group) is 1. The smallest absolute Gasteiger partial charge is 0.273 e. The minimum absolute atomic E-state index is 0.104. The van der Waals surface area contributed by atoms with E-state index in [1.807, 2.05) is 0 Å². The second-order valence-corrected chi connectivity index (χ2v) is 4.45. The maximum atomic E-state index is 13.1. The van der Waals surface area contributed by atoms with Crippen LogP contribution in [0.15, 0.2) is 47.6 Å². The highest BCUT2D eigenvalue weighted by Gasteiger charge is 2.17. The van der Waals surface area contributed by atoms with Gasteiger partial charge in [0.1, 0.15) is 13.7 Å². The molecule has 2 rings (SSSR count). The number of hydrogen-bond acceptors (Lipinski definition) is 5. The maximum absolute atomic E-state index is 13.1. The lowest BCUT2D eigenvalue weighted by Crippen LogP contribution is -2.29. The van der Waals surface area contributed by atoms with Crippen LogP contribution in [0.5, 0.6) is 5.88 Å². The number of oxime groups is 1. The fourth-order valence-corrected chi connectivity index (χ4v) is 1.92. The van der Waals surface area contributed by atoms with E-state index in [-0.39, 0.29) is 24.1 Å². The molecule has 0 aliphatic carbocycles. The number of pyridine rings is 1. The molecule has 0 bridgehead atoms. The summed E-state index contributed by atoms with van der Waals surface area (Å²) in [5.41, 5.74) is 1.38. The quantitative estimate of drug-likeness (QED) is 0.502.